The van der Waals surface area contributed by atoms with E-state index in [-0.39, 0.29) is 11.7 Å². The highest BCUT2D eigenvalue weighted by Gasteiger charge is 2.21. The Morgan fingerprint density at radius 3 is 2.50 bits per heavy atom. The van der Waals surface area contributed by atoms with Gasteiger partial charge in [-0.3, -0.25) is 4.79 Å². The van der Waals surface area contributed by atoms with Crippen LogP contribution in [0.2, 0.25) is 0 Å². The van der Waals surface area contributed by atoms with Crippen molar-refractivity contribution in [3.05, 3.63) is 71.0 Å². The maximum absolute atomic E-state index is 13.3. The molecule has 0 aliphatic heterocycles. The summed E-state index contributed by atoms with van der Waals surface area (Å²) in [5, 5.41) is 0. The van der Waals surface area contributed by atoms with E-state index < -0.39 is 6.04 Å². The minimum absolute atomic E-state index is 0.157. The molecule has 0 aromatic heterocycles. The molecule has 0 fully saturated rings. The molecule has 3 nitrogen and oxygen atoms in total. The second-order valence-corrected chi connectivity index (χ2v) is 5.37. The maximum atomic E-state index is 13.3. The van der Waals surface area contributed by atoms with Crippen LogP contribution in [0, 0.1) is 12.7 Å². The predicted molar refractivity (Wildman–Crippen MR) is 85.6 cm³/mol. The van der Waals surface area contributed by atoms with Gasteiger partial charge >= 0.3 is 0 Å². The van der Waals surface area contributed by atoms with Gasteiger partial charge in [0.1, 0.15) is 11.9 Å². The lowest BCUT2D eigenvalue weighted by atomic mass is 10.0. The summed E-state index contributed by atoms with van der Waals surface area (Å²) in [7, 11) is 0. The van der Waals surface area contributed by atoms with Crippen molar-refractivity contribution >= 4 is 5.91 Å². The van der Waals surface area contributed by atoms with Gasteiger partial charge in [-0.15, -0.1) is 0 Å². The first-order valence-electron chi connectivity index (χ1n) is 7.36. The summed E-state index contributed by atoms with van der Waals surface area (Å²) in [6, 6.07) is 13.2. The first-order valence-corrected chi connectivity index (χ1v) is 7.36. The van der Waals surface area contributed by atoms with E-state index >= 15 is 0 Å². The Morgan fingerprint density at radius 2 is 1.91 bits per heavy atom. The van der Waals surface area contributed by atoms with Crippen LogP contribution < -0.4 is 5.73 Å². The molecule has 2 aromatic rings. The van der Waals surface area contributed by atoms with Crippen LogP contribution in [0.5, 0.6) is 0 Å². The molecule has 22 heavy (non-hydrogen) atoms. The zero-order valence-electron chi connectivity index (χ0n) is 12.9. The highest BCUT2D eigenvalue weighted by Crippen LogP contribution is 2.16. The Hall–Kier alpha value is -2.20. The third-order valence-electron chi connectivity index (χ3n) is 3.66. The first-order chi connectivity index (χ1) is 10.5. The molecule has 0 spiro atoms. The Labute approximate surface area is 130 Å². The monoisotopic (exact) mass is 300 g/mol. The van der Waals surface area contributed by atoms with E-state index in [1.165, 1.54) is 12.1 Å². The number of rotatable bonds is 5. The van der Waals surface area contributed by atoms with Crippen LogP contribution in [0.15, 0.2) is 48.5 Å². The highest BCUT2D eigenvalue weighted by molar-refractivity contribution is 5.83. The van der Waals surface area contributed by atoms with Crippen molar-refractivity contribution in [1.82, 2.24) is 4.90 Å². The molecule has 116 valence electrons. The van der Waals surface area contributed by atoms with E-state index in [2.05, 4.69) is 0 Å². The average Bonchev–Trinajstić information content (AvgIpc) is 2.52. The number of carbonyl (C=O) groups is 1. The second-order valence-electron chi connectivity index (χ2n) is 5.37. The fraction of sp³-hybridized carbons (Fsp3) is 0.278. The average molecular weight is 300 g/mol. The van der Waals surface area contributed by atoms with E-state index in [4.69, 9.17) is 5.73 Å². The molecular weight excluding hydrogens is 279 g/mol. The van der Waals surface area contributed by atoms with Gasteiger partial charge in [0.25, 0.3) is 0 Å². The summed E-state index contributed by atoms with van der Waals surface area (Å²) in [5.41, 5.74) is 8.75. The summed E-state index contributed by atoms with van der Waals surface area (Å²) in [5.74, 6) is -0.459. The van der Waals surface area contributed by atoms with Crippen LogP contribution in [0.4, 0.5) is 4.39 Å². The van der Waals surface area contributed by atoms with Crippen molar-refractivity contribution in [3.8, 4) is 0 Å². The number of carbonyl (C=O) groups excluding carboxylic acids is 1. The van der Waals surface area contributed by atoms with Crippen molar-refractivity contribution in [1.29, 1.82) is 0 Å². The van der Waals surface area contributed by atoms with Gasteiger partial charge in [0.15, 0.2) is 0 Å². The minimum Gasteiger partial charge on any atom is -0.337 e. The normalized spacial score (nSPS) is 12.0. The first kappa shape index (κ1) is 16.2. The molecule has 2 aromatic carbocycles. The molecule has 0 saturated carbocycles. The molecule has 1 unspecified atom stereocenters. The smallest absolute Gasteiger partial charge is 0.244 e. The second kappa shape index (κ2) is 7.18. The molecule has 0 aliphatic rings. The standard InChI is InChI=1S/C18H21FN2O/c1-3-21(12-14-5-4-6-16(19)11-14)18(22)17(20)15-9-7-13(2)8-10-15/h4-11,17H,3,12,20H2,1-2H3. The summed E-state index contributed by atoms with van der Waals surface area (Å²) in [6.45, 7) is 4.75. The van der Waals surface area contributed by atoms with Gasteiger partial charge in [0.05, 0.1) is 0 Å². The van der Waals surface area contributed by atoms with Crippen LogP contribution in [0.3, 0.4) is 0 Å². The van der Waals surface area contributed by atoms with E-state index in [1.54, 1.807) is 17.0 Å². The molecule has 2 rings (SSSR count). The number of nitrogens with zero attached hydrogens (tertiary/aromatic N) is 1. The van der Waals surface area contributed by atoms with Gasteiger partial charge in [-0.2, -0.15) is 0 Å². The number of amides is 1. The number of hydrogen-bond acceptors (Lipinski definition) is 2. The molecule has 1 atom stereocenters. The van der Waals surface area contributed by atoms with Gasteiger partial charge < -0.3 is 10.6 Å². The van der Waals surface area contributed by atoms with Crippen LogP contribution in [0.25, 0.3) is 0 Å². The number of likely N-dealkylation sites (N-methyl/N-ethyl adjacent to an activating group) is 1. The van der Waals surface area contributed by atoms with E-state index in [1.807, 2.05) is 38.1 Å². The van der Waals surface area contributed by atoms with E-state index in [9.17, 15) is 9.18 Å². The fourth-order valence-corrected chi connectivity index (χ4v) is 2.31. The number of benzene rings is 2. The van der Waals surface area contributed by atoms with Gasteiger partial charge in [0, 0.05) is 13.1 Å². The van der Waals surface area contributed by atoms with Crippen molar-refractivity contribution in [2.45, 2.75) is 26.4 Å². The van der Waals surface area contributed by atoms with Gasteiger partial charge in [-0.25, -0.2) is 4.39 Å². The van der Waals surface area contributed by atoms with Gasteiger partial charge in [0.2, 0.25) is 5.91 Å². The summed E-state index contributed by atoms with van der Waals surface area (Å²) >= 11 is 0. The Balaban J connectivity index is 2.12. The molecule has 4 heteroatoms. The molecule has 0 heterocycles. The third-order valence-corrected chi connectivity index (χ3v) is 3.66. The zero-order valence-corrected chi connectivity index (χ0v) is 12.9. The van der Waals surface area contributed by atoms with E-state index in [0.717, 1.165) is 16.7 Å². The lowest BCUT2D eigenvalue weighted by molar-refractivity contribution is -0.133. The highest BCUT2D eigenvalue weighted by atomic mass is 19.1. The number of halogens is 1. The Kier molecular flexibility index (Phi) is 5.28. The van der Waals surface area contributed by atoms with Gasteiger partial charge in [-0.05, 0) is 37.1 Å². The van der Waals surface area contributed by atoms with Crippen molar-refractivity contribution in [2.24, 2.45) is 5.73 Å². The molecule has 0 radical (unpaired) electrons. The maximum Gasteiger partial charge on any atom is 0.244 e. The quantitative estimate of drug-likeness (QED) is 0.922. The topological polar surface area (TPSA) is 46.3 Å². The van der Waals surface area contributed by atoms with Crippen molar-refractivity contribution in [3.63, 3.8) is 0 Å². The lowest BCUT2D eigenvalue weighted by Gasteiger charge is -2.24. The Morgan fingerprint density at radius 1 is 1.23 bits per heavy atom. The Bertz CT molecular complexity index is 640. The molecule has 0 aliphatic carbocycles. The van der Waals surface area contributed by atoms with Crippen molar-refractivity contribution in [2.75, 3.05) is 6.54 Å². The zero-order chi connectivity index (χ0) is 16.1. The number of aryl methyl sites for hydroxylation is 1. The number of nitrogens with two attached hydrogens (primary N) is 1. The van der Waals surface area contributed by atoms with Crippen LogP contribution in [0.1, 0.15) is 29.7 Å². The fourth-order valence-electron chi connectivity index (χ4n) is 2.31. The third kappa shape index (κ3) is 3.92. The van der Waals surface area contributed by atoms with E-state index in [0.29, 0.717) is 13.1 Å². The lowest BCUT2D eigenvalue weighted by Crippen LogP contribution is -2.38. The molecule has 2 N–H and O–H groups in total. The predicted octanol–water partition coefficient (Wildman–Crippen LogP) is 3.18. The largest absolute Gasteiger partial charge is 0.337 e. The molecule has 0 saturated heterocycles. The molecule has 0 bridgehead atoms. The molecule has 1 amide bonds. The van der Waals surface area contributed by atoms with Crippen LogP contribution in [-0.4, -0.2) is 17.4 Å². The summed E-state index contributed by atoms with van der Waals surface area (Å²) < 4.78 is 13.3. The summed E-state index contributed by atoms with van der Waals surface area (Å²) in [4.78, 5) is 14.2. The SMILES string of the molecule is CCN(Cc1cccc(F)c1)C(=O)C(N)c1ccc(C)cc1. The molecular formula is C18H21FN2O. The van der Waals surface area contributed by atoms with Gasteiger partial charge in [-0.1, -0.05) is 42.0 Å². The van der Waals surface area contributed by atoms with Crippen molar-refractivity contribution < 1.29 is 9.18 Å². The number of hydrogen-bond donors (Lipinski definition) is 1. The van der Waals surface area contributed by atoms with Crippen LogP contribution >= 0.6 is 0 Å². The van der Waals surface area contributed by atoms with Crippen LogP contribution in [-0.2, 0) is 11.3 Å². The minimum atomic E-state index is -0.700. The summed E-state index contributed by atoms with van der Waals surface area (Å²) in [6.07, 6.45) is 0.